The molecule has 3 N–H and O–H groups in total. The number of nitrogens with zero attached hydrogens (tertiary/aromatic N) is 3. The fourth-order valence-electron chi connectivity index (χ4n) is 2.80. The Morgan fingerprint density at radius 3 is 2.80 bits per heavy atom. The van der Waals surface area contributed by atoms with Crippen molar-refractivity contribution in [3.63, 3.8) is 0 Å². The normalized spacial score (nSPS) is 22.4. The van der Waals surface area contributed by atoms with Crippen LogP contribution >= 0.6 is 0 Å². The quantitative estimate of drug-likeness (QED) is 0.870. The van der Waals surface area contributed by atoms with Crippen molar-refractivity contribution in [3.8, 4) is 6.07 Å². The van der Waals surface area contributed by atoms with E-state index in [0.717, 1.165) is 29.4 Å². The van der Waals surface area contributed by atoms with E-state index in [1.165, 1.54) is 12.8 Å². The molecule has 0 bridgehead atoms. The van der Waals surface area contributed by atoms with Gasteiger partial charge in [0.15, 0.2) is 5.69 Å². The van der Waals surface area contributed by atoms with Crippen LogP contribution in [0.4, 0.5) is 5.69 Å². The summed E-state index contributed by atoms with van der Waals surface area (Å²) in [4.78, 5) is 0. The van der Waals surface area contributed by atoms with Gasteiger partial charge in [-0.05, 0) is 18.9 Å². The first-order valence-corrected chi connectivity index (χ1v) is 6.97. The minimum absolute atomic E-state index is 0.127. The molecule has 102 valence electrons. The molecule has 5 heteroatoms. The first-order chi connectivity index (χ1) is 9.79. The van der Waals surface area contributed by atoms with Gasteiger partial charge in [0, 0.05) is 17.5 Å². The number of fused-ring (bicyclic) bond motifs is 1. The van der Waals surface area contributed by atoms with Crippen LogP contribution in [0.25, 0.3) is 10.9 Å². The van der Waals surface area contributed by atoms with Gasteiger partial charge in [-0.3, -0.25) is 0 Å². The number of rotatable bonds is 2. The first kappa shape index (κ1) is 12.8. The Kier molecular flexibility index (Phi) is 3.48. The van der Waals surface area contributed by atoms with Gasteiger partial charge in [0.1, 0.15) is 6.07 Å². The van der Waals surface area contributed by atoms with Crippen molar-refractivity contribution >= 4 is 16.6 Å². The molecule has 0 aliphatic heterocycles. The van der Waals surface area contributed by atoms with Crippen LogP contribution in [0.5, 0.6) is 0 Å². The standard InChI is InChI=1S/C15H17N5/c16-9-14-15(18-13-8-4-2-6-11(13)17)10-5-1-3-7-12(10)19-20-14/h1,3,5,7,11,13H,2,4,6,8,17H2,(H,18,19)/t11-,13-/m1/s1. The summed E-state index contributed by atoms with van der Waals surface area (Å²) in [7, 11) is 0. The lowest BCUT2D eigenvalue weighted by Crippen LogP contribution is -2.42. The van der Waals surface area contributed by atoms with Crippen molar-refractivity contribution in [1.29, 1.82) is 5.26 Å². The number of anilines is 1. The second kappa shape index (κ2) is 5.43. The summed E-state index contributed by atoms with van der Waals surface area (Å²) in [5, 5.41) is 21.7. The highest BCUT2D eigenvalue weighted by molar-refractivity contribution is 5.92. The molecule has 1 aromatic heterocycles. The maximum Gasteiger partial charge on any atom is 0.186 e. The number of aromatic nitrogens is 2. The molecule has 1 saturated carbocycles. The van der Waals surface area contributed by atoms with Gasteiger partial charge in [-0.15, -0.1) is 10.2 Å². The van der Waals surface area contributed by atoms with E-state index in [9.17, 15) is 5.26 Å². The van der Waals surface area contributed by atoms with Crippen LogP contribution in [-0.2, 0) is 0 Å². The molecule has 20 heavy (non-hydrogen) atoms. The summed E-state index contributed by atoms with van der Waals surface area (Å²) in [6.45, 7) is 0. The van der Waals surface area contributed by atoms with E-state index >= 15 is 0 Å². The lowest BCUT2D eigenvalue weighted by Gasteiger charge is -2.30. The van der Waals surface area contributed by atoms with E-state index in [1.54, 1.807) is 0 Å². The van der Waals surface area contributed by atoms with Crippen LogP contribution in [0.1, 0.15) is 31.4 Å². The summed E-state index contributed by atoms with van der Waals surface area (Å²) in [5.74, 6) is 0. The van der Waals surface area contributed by atoms with E-state index in [1.807, 2.05) is 24.3 Å². The zero-order valence-corrected chi connectivity index (χ0v) is 11.2. The predicted molar refractivity (Wildman–Crippen MR) is 78.1 cm³/mol. The number of hydrogen-bond acceptors (Lipinski definition) is 5. The minimum Gasteiger partial charge on any atom is -0.378 e. The maximum atomic E-state index is 9.25. The average Bonchev–Trinajstić information content (AvgIpc) is 2.50. The molecule has 0 unspecified atom stereocenters. The smallest absolute Gasteiger partial charge is 0.186 e. The van der Waals surface area contributed by atoms with E-state index in [2.05, 4.69) is 21.6 Å². The molecule has 1 aromatic carbocycles. The SMILES string of the molecule is N#Cc1nnc2ccccc2c1N[C@@H]1CCCC[C@H]1N. The predicted octanol–water partition coefficient (Wildman–Crippen LogP) is 2.18. The van der Waals surface area contributed by atoms with Gasteiger partial charge in [0.25, 0.3) is 0 Å². The van der Waals surface area contributed by atoms with E-state index in [-0.39, 0.29) is 12.1 Å². The van der Waals surface area contributed by atoms with Crippen LogP contribution in [0.3, 0.4) is 0 Å². The Labute approximate surface area is 117 Å². The summed E-state index contributed by atoms with van der Waals surface area (Å²) in [6.07, 6.45) is 4.40. The van der Waals surface area contributed by atoms with Crippen molar-refractivity contribution in [2.24, 2.45) is 5.73 Å². The van der Waals surface area contributed by atoms with Crippen molar-refractivity contribution in [3.05, 3.63) is 30.0 Å². The molecule has 1 heterocycles. The highest BCUT2D eigenvalue weighted by Crippen LogP contribution is 2.27. The molecule has 1 aliphatic rings. The number of nitrogens with two attached hydrogens (primary N) is 1. The molecule has 3 rings (SSSR count). The minimum atomic E-state index is 0.127. The molecule has 0 radical (unpaired) electrons. The summed E-state index contributed by atoms with van der Waals surface area (Å²) >= 11 is 0. The maximum absolute atomic E-state index is 9.25. The van der Waals surface area contributed by atoms with Crippen LogP contribution in [0, 0.1) is 11.3 Å². The second-order valence-corrected chi connectivity index (χ2v) is 5.25. The van der Waals surface area contributed by atoms with Crippen molar-refractivity contribution in [1.82, 2.24) is 10.2 Å². The Hall–Kier alpha value is -2.19. The fourth-order valence-corrected chi connectivity index (χ4v) is 2.80. The van der Waals surface area contributed by atoms with Gasteiger partial charge in [0.05, 0.1) is 11.2 Å². The molecule has 5 nitrogen and oxygen atoms in total. The van der Waals surface area contributed by atoms with E-state index < -0.39 is 0 Å². The molecule has 1 aliphatic carbocycles. The van der Waals surface area contributed by atoms with Gasteiger partial charge >= 0.3 is 0 Å². The monoisotopic (exact) mass is 267 g/mol. The molecule has 1 fully saturated rings. The van der Waals surface area contributed by atoms with Gasteiger partial charge in [-0.1, -0.05) is 31.0 Å². The Morgan fingerprint density at radius 2 is 2.00 bits per heavy atom. The van der Waals surface area contributed by atoms with Crippen LogP contribution in [0.2, 0.25) is 0 Å². The van der Waals surface area contributed by atoms with Crippen LogP contribution in [0.15, 0.2) is 24.3 Å². The molecule has 0 saturated heterocycles. The molecule has 2 atom stereocenters. The third kappa shape index (κ3) is 2.30. The average molecular weight is 267 g/mol. The van der Waals surface area contributed by atoms with Crippen LogP contribution in [-0.4, -0.2) is 22.3 Å². The zero-order valence-electron chi connectivity index (χ0n) is 11.2. The third-order valence-electron chi connectivity index (χ3n) is 3.92. The van der Waals surface area contributed by atoms with Gasteiger partial charge < -0.3 is 11.1 Å². The third-order valence-corrected chi connectivity index (χ3v) is 3.92. The number of nitriles is 1. The summed E-state index contributed by atoms with van der Waals surface area (Å²) < 4.78 is 0. The van der Waals surface area contributed by atoms with Crippen molar-refractivity contribution in [2.45, 2.75) is 37.8 Å². The van der Waals surface area contributed by atoms with Gasteiger partial charge in [0.2, 0.25) is 0 Å². The van der Waals surface area contributed by atoms with Gasteiger partial charge in [-0.25, -0.2) is 0 Å². The van der Waals surface area contributed by atoms with Crippen molar-refractivity contribution < 1.29 is 0 Å². The van der Waals surface area contributed by atoms with E-state index in [4.69, 9.17) is 5.73 Å². The van der Waals surface area contributed by atoms with E-state index in [0.29, 0.717) is 5.69 Å². The Balaban J connectivity index is 2.02. The first-order valence-electron chi connectivity index (χ1n) is 6.97. The highest BCUT2D eigenvalue weighted by atomic mass is 15.1. The van der Waals surface area contributed by atoms with Gasteiger partial charge in [-0.2, -0.15) is 5.26 Å². The fraction of sp³-hybridized carbons (Fsp3) is 0.400. The molecule has 2 aromatic rings. The molecular formula is C15H17N5. The van der Waals surface area contributed by atoms with Crippen LogP contribution < -0.4 is 11.1 Å². The Morgan fingerprint density at radius 1 is 1.20 bits per heavy atom. The highest BCUT2D eigenvalue weighted by Gasteiger charge is 2.23. The second-order valence-electron chi connectivity index (χ2n) is 5.25. The molecule has 0 amide bonds. The summed E-state index contributed by atoms with van der Waals surface area (Å²) in [6, 6.07) is 10.2. The lowest BCUT2D eigenvalue weighted by molar-refractivity contribution is 0.404. The Bertz CT molecular complexity index is 661. The topological polar surface area (TPSA) is 87.6 Å². The van der Waals surface area contributed by atoms with Crippen molar-refractivity contribution in [2.75, 3.05) is 5.32 Å². The molecular weight excluding hydrogens is 250 g/mol. The largest absolute Gasteiger partial charge is 0.378 e. The summed E-state index contributed by atoms with van der Waals surface area (Å²) in [5.41, 5.74) is 8.07. The number of hydrogen-bond donors (Lipinski definition) is 2. The molecule has 0 spiro atoms. The number of benzene rings is 1. The zero-order chi connectivity index (χ0) is 13.9. The lowest BCUT2D eigenvalue weighted by atomic mass is 9.90. The number of nitrogens with one attached hydrogen (secondary N) is 1.